The maximum atomic E-state index is 13.3. The van der Waals surface area contributed by atoms with E-state index in [0.29, 0.717) is 17.4 Å². The molecule has 17 heavy (non-hydrogen) atoms. The van der Waals surface area contributed by atoms with Crippen molar-refractivity contribution in [2.45, 2.75) is 31.6 Å². The van der Waals surface area contributed by atoms with Crippen LogP contribution in [0.5, 0.6) is 0 Å². The molecule has 4 heteroatoms. The zero-order chi connectivity index (χ0) is 12.6. The summed E-state index contributed by atoms with van der Waals surface area (Å²) in [7, 11) is 0. The van der Waals surface area contributed by atoms with E-state index in [-0.39, 0.29) is 12.0 Å². The normalized spacial score (nSPS) is 16.6. The van der Waals surface area contributed by atoms with Crippen LogP contribution in [0.2, 0.25) is 0 Å². The first kappa shape index (κ1) is 11.8. The SMILES string of the molecule is Cc1cc(C2(CC(=O)O)CC2)c(C=O)cc1F. The van der Waals surface area contributed by atoms with E-state index in [9.17, 15) is 14.0 Å². The van der Waals surface area contributed by atoms with Crippen LogP contribution in [0.15, 0.2) is 12.1 Å². The zero-order valence-electron chi connectivity index (χ0n) is 9.50. The number of hydrogen-bond donors (Lipinski definition) is 1. The van der Waals surface area contributed by atoms with Gasteiger partial charge in [0.1, 0.15) is 12.1 Å². The van der Waals surface area contributed by atoms with Gasteiger partial charge in [0.05, 0.1) is 6.42 Å². The molecule has 0 unspecified atom stereocenters. The molecule has 1 N–H and O–H groups in total. The molecule has 0 atom stereocenters. The molecular weight excluding hydrogens is 223 g/mol. The Morgan fingerprint density at radius 2 is 2.18 bits per heavy atom. The fourth-order valence-electron chi connectivity index (χ4n) is 2.24. The van der Waals surface area contributed by atoms with Crippen LogP contribution in [-0.2, 0) is 10.2 Å². The lowest BCUT2D eigenvalue weighted by Gasteiger charge is -2.16. The van der Waals surface area contributed by atoms with E-state index in [1.807, 2.05) is 0 Å². The molecule has 0 spiro atoms. The van der Waals surface area contributed by atoms with E-state index in [1.165, 1.54) is 6.07 Å². The summed E-state index contributed by atoms with van der Waals surface area (Å²) in [5.74, 6) is -1.32. The number of benzene rings is 1. The van der Waals surface area contributed by atoms with E-state index >= 15 is 0 Å². The van der Waals surface area contributed by atoms with Crippen LogP contribution in [-0.4, -0.2) is 17.4 Å². The second kappa shape index (κ2) is 3.95. The van der Waals surface area contributed by atoms with Gasteiger partial charge in [-0.1, -0.05) is 6.07 Å². The van der Waals surface area contributed by atoms with Crippen molar-refractivity contribution in [2.24, 2.45) is 0 Å². The average molecular weight is 236 g/mol. The fraction of sp³-hybridized carbons (Fsp3) is 0.385. The minimum atomic E-state index is -0.888. The minimum Gasteiger partial charge on any atom is -0.481 e. The molecule has 2 rings (SSSR count). The number of aryl methyl sites for hydroxylation is 1. The van der Waals surface area contributed by atoms with Crippen LogP contribution in [0.4, 0.5) is 4.39 Å². The van der Waals surface area contributed by atoms with Gasteiger partial charge < -0.3 is 5.11 Å². The minimum absolute atomic E-state index is 0.00108. The fourth-order valence-corrected chi connectivity index (χ4v) is 2.24. The van der Waals surface area contributed by atoms with Crippen molar-refractivity contribution in [2.75, 3.05) is 0 Å². The second-order valence-corrected chi connectivity index (χ2v) is 4.66. The van der Waals surface area contributed by atoms with Crippen LogP contribution in [0.25, 0.3) is 0 Å². The molecule has 0 saturated heterocycles. The molecule has 0 radical (unpaired) electrons. The Labute approximate surface area is 98.3 Å². The van der Waals surface area contributed by atoms with Gasteiger partial charge in [-0.3, -0.25) is 9.59 Å². The molecule has 0 amide bonds. The third kappa shape index (κ3) is 2.07. The number of halogens is 1. The molecule has 1 fully saturated rings. The van der Waals surface area contributed by atoms with Crippen LogP contribution >= 0.6 is 0 Å². The maximum Gasteiger partial charge on any atom is 0.304 e. The Morgan fingerprint density at radius 1 is 1.53 bits per heavy atom. The van der Waals surface area contributed by atoms with Gasteiger partial charge in [0.25, 0.3) is 0 Å². The van der Waals surface area contributed by atoms with E-state index in [4.69, 9.17) is 5.11 Å². The van der Waals surface area contributed by atoms with Crippen molar-refractivity contribution in [3.63, 3.8) is 0 Å². The topological polar surface area (TPSA) is 54.4 Å². The summed E-state index contributed by atoms with van der Waals surface area (Å²) >= 11 is 0. The lowest BCUT2D eigenvalue weighted by Crippen LogP contribution is -2.15. The highest BCUT2D eigenvalue weighted by atomic mass is 19.1. The first-order valence-corrected chi connectivity index (χ1v) is 5.46. The van der Waals surface area contributed by atoms with Gasteiger partial charge in [-0.25, -0.2) is 4.39 Å². The molecule has 1 saturated carbocycles. The lowest BCUT2D eigenvalue weighted by molar-refractivity contribution is -0.137. The quantitative estimate of drug-likeness (QED) is 0.817. The van der Waals surface area contributed by atoms with Crippen LogP contribution < -0.4 is 0 Å². The monoisotopic (exact) mass is 236 g/mol. The third-order valence-corrected chi connectivity index (χ3v) is 3.37. The predicted molar refractivity (Wildman–Crippen MR) is 59.7 cm³/mol. The van der Waals surface area contributed by atoms with Crippen LogP contribution in [0.1, 0.15) is 40.7 Å². The number of carboxylic acids is 1. The highest BCUT2D eigenvalue weighted by Crippen LogP contribution is 2.52. The smallest absolute Gasteiger partial charge is 0.304 e. The summed E-state index contributed by atoms with van der Waals surface area (Å²) in [6.45, 7) is 1.62. The largest absolute Gasteiger partial charge is 0.481 e. The van der Waals surface area contributed by atoms with Gasteiger partial charge in [0.15, 0.2) is 0 Å². The van der Waals surface area contributed by atoms with E-state index < -0.39 is 17.2 Å². The third-order valence-electron chi connectivity index (χ3n) is 3.37. The van der Waals surface area contributed by atoms with Crippen LogP contribution in [0.3, 0.4) is 0 Å². The first-order chi connectivity index (χ1) is 7.98. The number of aldehydes is 1. The second-order valence-electron chi connectivity index (χ2n) is 4.66. The van der Waals surface area contributed by atoms with Crippen molar-refractivity contribution in [1.82, 2.24) is 0 Å². The molecular formula is C13H13FO3. The molecule has 1 aliphatic rings. The lowest BCUT2D eigenvalue weighted by atomic mass is 9.87. The van der Waals surface area contributed by atoms with E-state index in [2.05, 4.69) is 0 Å². The molecule has 90 valence electrons. The van der Waals surface area contributed by atoms with Crippen LogP contribution in [0, 0.1) is 12.7 Å². The van der Waals surface area contributed by atoms with Crippen molar-refractivity contribution in [3.05, 3.63) is 34.6 Å². The van der Waals surface area contributed by atoms with Crippen molar-refractivity contribution >= 4 is 12.3 Å². The van der Waals surface area contributed by atoms with Crippen molar-refractivity contribution in [1.29, 1.82) is 0 Å². The Kier molecular flexibility index (Phi) is 2.73. The number of carboxylic acid groups (broad SMARTS) is 1. The molecule has 3 nitrogen and oxygen atoms in total. The highest BCUT2D eigenvalue weighted by molar-refractivity contribution is 5.80. The summed E-state index contributed by atoms with van der Waals surface area (Å²) in [6, 6.07) is 2.80. The average Bonchev–Trinajstić information content (AvgIpc) is 3.01. The Hall–Kier alpha value is -1.71. The number of carbonyl (C=O) groups is 2. The molecule has 1 aliphatic carbocycles. The molecule has 0 heterocycles. The number of carbonyl (C=O) groups excluding carboxylic acids is 1. The van der Waals surface area contributed by atoms with E-state index in [1.54, 1.807) is 13.0 Å². The molecule has 0 bridgehead atoms. The van der Waals surface area contributed by atoms with Gasteiger partial charge in [-0.15, -0.1) is 0 Å². The summed E-state index contributed by atoms with van der Waals surface area (Å²) < 4.78 is 13.3. The number of hydrogen-bond acceptors (Lipinski definition) is 2. The van der Waals surface area contributed by atoms with Gasteiger partial charge >= 0.3 is 5.97 Å². The molecule has 1 aromatic carbocycles. The summed E-state index contributed by atoms with van der Waals surface area (Å²) in [5, 5.41) is 8.88. The predicted octanol–water partition coefficient (Wildman–Crippen LogP) is 2.45. The number of rotatable bonds is 4. The molecule has 0 aliphatic heterocycles. The van der Waals surface area contributed by atoms with Gasteiger partial charge in [0, 0.05) is 11.0 Å². The molecule has 0 aromatic heterocycles. The Balaban J connectivity index is 2.48. The van der Waals surface area contributed by atoms with Crippen molar-refractivity contribution < 1.29 is 19.1 Å². The van der Waals surface area contributed by atoms with Crippen molar-refractivity contribution in [3.8, 4) is 0 Å². The Morgan fingerprint density at radius 3 is 2.65 bits per heavy atom. The standard InChI is InChI=1S/C13H13FO3/c1-8-4-10(9(7-15)5-11(8)14)13(2-3-13)6-12(16)17/h4-5,7H,2-3,6H2,1H3,(H,16,17). The first-order valence-electron chi connectivity index (χ1n) is 5.46. The van der Waals surface area contributed by atoms with Gasteiger partial charge in [0.2, 0.25) is 0 Å². The molecule has 1 aromatic rings. The van der Waals surface area contributed by atoms with E-state index in [0.717, 1.165) is 12.8 Å². The van der Waals surface area contributed by atoms with Gasteiger partial charge in [-0.2, -0.15) is 0 Å². The maximum absolute atomic E-state index is 13.3. The number of aliphatic carboxylic acids is 1. The highest BCUT2D eigenvalue weighted by Gasteiger charge is 2.47. The Bertz CT molecular complexity index is 490. The van der Waals surface area contributed by atoms with Gasteiger partial charge in [-0.05, 0) is 37.0 Å². The zero-order valence-corrected chi connectivity index (χ0v) is 9.50. The summed E-state index contributed by atoms with van der Waals surface area (Å²) in [6.07, 6.45) is 2.08. The summed E-state index contributed by atoms with van der Waals surface area (Å²) in [4.78, 5) is 21.8. The summed E-state index contributed by atoms with van der Waals surface area (Å²) in [5.41, 5.74) is 0.934.